The number of hydrogen-bond donors (Lipinski definition) is 0. The second kappa shape index (κ2) is 12.5. The van der Waals surface area contributed by atoms with Crippen molar-refractivity contribution in [2.75, 3.05) is 26.2 Å². The predicted octanol–water partition coefficient (Wildman–Crippen LogP) is 7.41. The minimum absolute atomic E-state index is 0.0972. The normalized spacial score (nSPS) is 18.0. The first-order valence-corrected chi connectivity index (χ1v) is 14.7. The smallest absolute Gasteiger partial charge is 0.419 e. The van der Waals surface area contributed by atoms with Gasteiger partial charge < -0.3 is 23.8 Å². The van der Waals surface area contributed by atoms with Crippen LogP contribution in [-0.4, -0.2) is 63.3 Å². The molecule has 2 aliphatic heterocycles. The van der Waals surface area contributed by atoms with Crippen LogP contribution in [0.5, 0.6) is 0 Å². The predicted molar refractivity (Wildman–Crippen MR) is 154 cm³/mol. The molecule has 5 rings (SSSR count). The molecule has 1 atom stereocenters. The van der Waals surface area contributed by atoms with Crippen LogP contribution in [0.2, 0.25) is 0 Å². The Hall–Kier alpha value is -4.09. The lowest BCUT2D eigenvalue weighted by molar-refractivity contribution is -0.139. The zero-order chi connectivity index (χ0) is 31.6. The number of rotatable bonds is 5. The first-order chi connectivity index (χ1) is 20.8. The van der Waals surface area contributed by atoms with Crippen LogP contribution in [0.1, 0.15) is 68.9 Å². The van der Waals surface area contributed by atoms with Gasteiger partial charge in [-0.1, -0.05) is 30.3 Å². The number of amides is 2. The third kappa shape index (κ3) is 7.34. The zero-order valence-electron chi connectivity index (χ0n) is 24.9. The van der Waals surface area contributed by atoms with E-state index in [-0.39, 0.29) is 29.8 Å². The molecule has 0 saturated carbocycles. The number of likely N-dealkylation sites (tertiary alicyclic amines) is 2. The summed E-state index contributed by atoms with van der Waals surface area (Å²) in [5.41, 5.74) is -0.701. The summed E-state index contributed by atoms with van der Waals surface area (Å²) in [7, 11) is 0. The summed E-state index contributed by atoms with van der Waals surface area (Å²) in [6.07, 6.45) is -2.28. The largest absolute Gasteiger partial charge is 0.445 e. The molecular weight excluding hydrogens is 580 g/mol. The number of benzene rings is 2. The third-order valence-corrected chi connectivity index (χ3v) is 7.86. The monoisotopic (exact) mass is 616 g/mol. The average molecular weight is 617 g/mol. The SMILES string of the molecule is CC(C)(C)OC(=O)N1CCC(n2cc(-c3ccc(F)c(C(F)(F)F)c3)nc2C2CCN(C(=O)OCc3ccccc3)CC2)C1. The minimum Gasteiger partial charge on any atom is -0.445 e. The van der Waals surface area contributed by atoms with Gasteiger partial charge in [0.2, 0.25) is 0 Å². The second-order valence-corrected chi connectivity index (χ2v) is 12.3. The lowest BCUT2D eigenvalue weighted by atomic mass is 9.95. The molecule has 3 heterocycles. The maximum atomic E-state index is 14.1. The maximum Gasteiger partial charge on any atom is 0.419 e. The van der Waals surface area contributed by atoms with Crippen LogP contribution < -0.4 is 0 Å². The van der Waals surface area contributed by atoms with Crippen LogP contribution in [-0.2, 0) is 22.3 Å². The van der Waals surface area contributed by atoms with Crippen molar-refractivity contribution in [3.63, 3.8) is 0 Å². The minimum atomic E-state index is -4.85. The van der Waals surface area contributed by atoms with E-state index in [9.17, 15) is 27.2 Å². The van der Waals surface area contributed by atoms with E-state index in [1.165, 1.54) is 6.07 Å². The van der Waals surface area contributed by atoms with Gasteiger partial charge in [-0.05, 0) is 63.8 Å². The van der Waals surface area contributed by atoms with Crippen LogP contribution in [0.25, 0.3) is 11.3 Å². The summed E-state index contributed by atoms with van der Waals surface area (Å²) in [4.78, 5) is 33.5. The number of imidazole rings is 1. The summed E-state index contributed by atoms with van der Waals surface area (Å²) in [6, 6.07) is 12.1. The molecule has 0 aliphatic carbocycles. The fourth-order valence-corrected chi connectivity index (χ4v) is 5.64. The number of alkyl halides is 3. The van der Waals surface area contributed by atoms with Gasteiger partial charge in [0, 0.05) is 43.9 Å². The number of ether oxygens (including phenoxy) is 2. The Bertz CT molecular complexity index is 1480. The highest BCUT2D eigenvalue weighted by atomic mass is 19.4. The molecule has 1 aromatic heterocycles. The first-order valence-electron chi connectivity index (χ1n) is 14.7. The fraction of sp³-hybridized carbons (Fsp3) is 0.469. The molecule has 3 aromatic rings. The van der Waals surface area contributed by atoms with E-state index in [1.54, 1.807) is 36.8 Å². The van der Waals surface area contributed by atoms with E-state index in [0.29, 0.717) is 51.3 Å². The van der Waals surface area contributed by atoms with Crippen LogP contribution >= 0.6 is 0 Å². The van der Waals surface area contributed by atoms with Crippen LogP contribution in [0.3, 0.4) is 0 Å². The lowest BCUT2D eigenvalue weighted by Gasteiger charge is -2.32. The van der Waals surface area contributed by atoms with Gasteiger partial charge in [0.05, 0.1) is 17.3 Å². The quantitative estimate of drug-likeness (QED) is 0.279. The fourth-order valence-electron chi connectivity index (χ4n) is 5.64. The molecule has 0 N–H and O–H groups in total. The maximum absolute atomic E-state index is 14.1. The molecule has 0 spiro atoms. The molecule has 2 saturated heterocycles. The molecule has 8 nitrogen and oxygen atoms in total. The van der Waals surface area contributed by atoms with E-state index in [0.717, 1.165) is 17.7 Å². The Labute approximate surface area is 253 Å². The number of carbonyl (C=O) groups excluding carboxylic acids is 2. The Balaban J connectivity index is 1.36. The molecule has 1 unspecified atom stereocenters. The highest BCUT2D eigenvalue weighted by Crippen LogP contribution is 2.37. The van der Waals surface area contributed by atoms with Gasteiger partial charge in [-0.2, -0.15) is 13.2 Å². The molecule has 12 heteroatoms. The van der Waals surface area contributed by atoms with Crippen molar-refractivity contribution in [3.05, 3.63) is 77.5 Å². The van der Waals surface area contributed by atoms with Crippen LogP contribution in [0.4, 0.5) is 27.2 Å². The van der Waals surface area contributed by atoms with Gasteiger partial charge in [-0.3, -0.25) is 0 Å². The Kier molecular flexibility index (Phi) is 8.90. The van der Waals surface area contributed by atoms with Crippen LogP contribution in [0.15, 0.2) is 54.7 Å². The Morgan fingerprint density at radius 2 is 1.61 bits per heavy atom. The van der Waals surface area contributed by atoms with E-state index in [4.69, 9.17) is 14.5 Å². The molecule has 2 amide bonds. The molecule has 2 aromatic carbocycles. The van der Waals surface area contributed by atoms with Crippen molar-refractivity contribution in [3.8, 4) is 11.3 Å². The third-order valence-electron chi connectivity index (χ3n) is 7.86. The van der Waals surface area contributed by atoms with Crippen molar-refractivity contribution in [1.82, 2.24) is 19.4 Å². The van der Waals surface area contributed by atoms with Gasteiger partial charge in [-0.15, -0.1) is 0 Å². The molecule has 0 bridgehead atoms. The van der Waals surface area contributed by atoms with Gasteiger partial charge in [0.1, 0.15) is 23.8 Å². The number of nitrogens with zero attached hydrogens (tertiary/aromatic N) is 4. The van der Waals surface area contributed by atoms with Crippen molar-refractivity contribution in [2.45, 2.75) is 70.4 Å². The first kappa shape index (κ1) is 31.3. The molecule has 236 valence electrons. The van der Waals surface area contributed by atoms with Crippen molar-refractivity contribution in [1.29, 1.82) is 0 Å². The number of halogens is 4. The molecular formula is C32H36F4N4O4. The number of aromatic nitrogens is 2. The van der Waals surface area contributed by atoms with Gasteiger partial charge in [0.25, 0.3) is 0 Å². The Morgan fingerprint density at radius 1 is 0.932 bits per heavy atom. The summed E-state index contributed by atoms with van der Waals surface area (Å²) in [6.45, 7) is 7.18. The van der Waals surface area contributed by atoms with Gasteiger partial charge in [0.15, 0.2) is 0 Å². The number of carbonyl (C=O) groups is 2. The van der Waals surface area contributed by atoms with Gasteiger partial charge in [-0.25, -0.2) is 19.0 Å². The average Bonchev–Trinajstić information content (AvgIpc) is 3.64. The summed E-state index contributed by atoms with van der Waals surface area (Å²) < 4.78 is 67.5. The highest BCUT2D eigenvalue weighted by molar-refractivity contribution is 5.69. The summed E-state index contributed by atoms with van der Waals surface area (Å²) >= 11 is 0. The molecule has 44 heavy (non-hydrogen) atoms. The topological polar surface area (TPSA) is 76.9 Å². The lowest BCUT2D eigenvalue weighted by Crippen LogP contribution is -2.39. The van der Waals surface area contributed by atoms with E-state index in [2.05, 4.69) is 0 Å². The molecule has 0 radical (unpaired) electrons. The van der Waals surface area contributed by atoms with Crippen molar-refractivity contribution in [2.24, 2.45) is 0 Å². The second-order valence-electron chi connectivity index (χ2n) is 12.3. The standard InChI is InChI=1S/C32H36F4N4O4/c1-31(2,3)44-30(42)39-16-13-24(18-39)40-19-27(23-9-10-26(33)25(17-23)32(34,35)36)37-28(40)22-11-14-38(15-12-22)29(41)43-20-21-7-5-4-6-8-21/h4-10,17,19,22,24H,11-16,18,20H2,1-3H3. The van der Waals surface area contributed by atoms with E-state index in [1.807, 2.05) is 34.9 Å². The summed E-state index contributed by atoms with van der Waals surface area (Å²) in [5.74, 6) is -0.789. The number of piperidine rings is 1. The van der Waals surface area contributed by atoms with Crippen LogP contribution in [0, 0.1) is 5.82 Å². The van der Waals surface area contributed by atoms with Crippen molar-refractivity contribution >= 4 is 12.2 Å². The summed E-state index contributed by atoms with van der Waals surface area (Å²) in [5, 5.41) is 0. The molecule has 2 aliphatic rings. The van der Waals surface area contributed by atoms with E-state index >= 15 is 0 Å². The highest BCUT2D eigenvalue weighted by Gasteiger charge is 2.37. The zero-order valence-corrected chi connectivity index (χ0v) is 24.9. The Morgan fingerprint density at radius 3 is 2.27 bits per heavy atom. The van der Waals surface area contributed by atoms with E-state index < -0.39 is 35.3 Å². The molecule has 2 fully saturated rings. The van der Waals surface area contributed by atoms with Crippen molar-refractivity contribution < 1.29 is 36.6 Å². The van der Waals surface area contributed by atoms with Gasteiger partial charge >= 0.3 is 18.4 Å². The number of hydrogen-bond acceptors (Lipinski definition) is 5.